The minimum Gasteiger partial charge on any atom is -0.334 e. The van der Waals surface area contributed by atoms with Gasteiger partial charge in [-0.15, -0.1) is 0 Å². The molecule has 0 atom stereocenters. The summed E-state index contributed by atoms with van der Waals surface area (Å²) in [5.41, 5.74) is -7.47. The summed E-state index contributed by atoms with van der Waals surface area (Å²) in [6.45, 7) is 0. The molecule has 0 unspecified atom stereocenters. The molecule has 16 heteroatoms. The highest BCUT2D eigenvalue weighted by Crippen LogP contribution is 2.50. The Kier molecular flexibility index (Phi) is 6.02. The third-order valence-corrected chi connectivity index (χ3v) is 5.95. The molecule has 0 aliphatic heterocycles. The third-order valence-electron chi connectivity index (χ3n) is 5.62. The summed E-state index contributed by atoms with van der Waals surface area (Å²) in [4.78, 5) is 16.3. The van der Waals surface area contributed by atoms with Crippen molar-refractivity contribution in [3.63, 3.8) is 0 Å². The average molecular weight is 553 g/mol. The zero-order chi connectivity index (χ0) is 27.6. The summed E-state index contributed by atoms with van der Waals surface area (Å²) in [5.74, 6) is -6.58. The van der Waals surface area contributed by atoms with Crippen LogP contribution in [0.3, 0.4) is 0 Å². The van der Waals surface area contributed by atoms with Crippen LogP contribution in [0.1, 0.15) is 34.5 Å². The van der Waals surface area contributed by atoms with Gasteiger partial charge >= 0.3 is 18.3 Å². The van der Waals surface area contributed by atoms with Crippen LogP contribution in [0, 0.1) is 11.3 Å². The number of nitrogens with zero attached hydrogens (tertiary/aromatic N) is 5. The topological polar surface area (TPSA) is 88.5 Å². The van der Waals surface area contributed by atoms with Crippen LogP contribution in [0.5, 0.6) is 0 Å². The number of carbonyl (C=O) groups excluding carboxylic acids is 1. The lowest BCUT2D eigenvalue weighted by Gasteiger charge is -2.19. The number of rotatable bonds is 5. The number of aromatic nitrogens is 4. The van der Waals surface area contributed by atoms with Gasteiger partial charge in [0.05, 0.1) is 23.0 Å². The number of benzene rings is 1. The lowest BCUT2D eigenvalue weighted by molar-refractivity contribution is -0.292. The molecule has 2 aromatic heterocycles. The minimum atomic E-state index is -6.33. The quantitative estimate of drug-likeness (QED) is 0.430. The van der Waals surface area contributed by atoms with Crippen molar-refractivity contribution in [2.24, 2.45) is 7.05 Å². The van der Waals surface area contributed by atoms with Gasteiger partial charge in [-0.25, -0.2) is 4.98 Å². The number of halogens is 9. The number of imidazole rings is 1. The number of aryl methyl sites for hydroxylation is 1. The van der Waals surface area contributed by atoms with Crippen LogP contribution < -0.4 is 5.32 Å². The van der Waals surface area contributed by atoms with Crippen LogP contribution in [-0.4, -0.2) is 37.0 Å². The molecule has 4 rings (SSSR count). The Morgan fingerprint density at radius 3 is 2.35 bits per heavy atom. The van der Waals surface area contributed by atoms with E-state index in [0.29, 0.717) is 12.8 Å². The molecule has 1 N–H and O–H groups in total. The van der Waals surface area contributed by atoms with Crippen molar-refractivity contribution in [3.8, 4) is 23.1 Å². The van der Waals surface area contributed by atoms with Crippen molar-refractivity contribution in [2.45, 2.75) is 36.7 Å². The summed E-state index contributed by atoms with van der Waals surface area (Å²) in [5, 5.41) is 14.5. The average Bonchev–Trinajstić information content (AvgIpc) is 3.21. The van der Waals surface area contributed by atoms with Crippen molar-refractivity contribution in [1.82, 2.24) is 24.6 Å². The van der Waals surface area contributed by atoms with Crippen molar-refractivity contribution < 1.29 is 39.9 Å². The van der Waals surface area contributed by atoms with E-state index in [1.807, 2.05) is 6.07 Å². The maximum absolute atomic E-state index is 13.9. The van der Waals surface area contributed by atoms with E-state index in [-0.39, 0.29) is 21.0 Å². The third kappa shape index (κ3) is 4.61. The number of amides is 1. The van der Waals surface area contributed by atoms with Crippen LogP contribution >= 0.6 is 11.6 Å². The van der Waals surface area contributed by atoms with Crippen LogP contribution in [0.15, 0.2) is 30.7 Å². The summed E-state index contributed by atoms with van der Waals surface area (Å²) in [7, 11) is 0.771. The Morgan fingerprint density at radius 1 is 1.16 bits per heavy atom. The molecule has 1 saturated carbocycles. The normalized spacial score (nSPS) is 15.4. The predicted molar refractivity (Wildman–Crippen MR) is 111 cm³/mol. The van der Waals surface area contributed by atoms with E-state index in [1.165, 1.54) is 18.2 Å². The highest BCUT2D eigenvalue weighted by Gasteiger charge is 2.64. The van der Waals surface area contributed by atoms with E-state index in [1.54, 1.807) is 0 Å². The first-order valence-corrected chi connectivity index (χ1v) is 10.6. The van der Waals surface area contributed by atoms with E-state index in [2.05, 4.69) is 15.4 Å². The van der Waals surface area contributed by atoms with Crippen LogP contribution in [-0.2, 0) is 19.1 Å². The zero-order valence-electron chi connectivity index (χ0n) is 18.3. The van der Waals surface area contributed by atoms with E-state index in [9.17, 15) is 39.9 Å². The first kappa shape index (κ1) is 26.4. The SMILES string of the molecule is Cn1nc(C(F)(F)C(F)(F)F)c(C(F)(F)F)c1-c1cn(-c2ccc(Cl)c(C(=O)NC3(C#N)CC3)c2)cn1. The molecule has 3 aromatic rings. The van der Waals surface area contributed by atoms with Gasteiger partial charge in [-0.2, -0.15) is 45.5 Å². The van der Waals surface area contributed by atoms with Gasteiger partial charge in [-0.3, -0.25) is 9.48 Å². The highest BCUT2D eigenvalue weighted by atomic mass is 35.5. The molecule has 1 amide bonds. The first-order chi connectivity index (χ1) is 17.0. The molecule has 7 nitrogen and oxygen atoms in total. The molecule has 2 heterocycles. The van der Waals surface area contributed by atoms with Gasteiger partial charge in [0.2, 0.25) is 0 Å². The maximum Gasteiger partial charge on any atom is 0.459 e. The van der Waals surface area contributed by atoms with Gasteiger partial charge in [0.25, 0.3) is 5.91 Å². The van der Waals surface area contributed by atoms with Gasteiger partial charge in [0, 0.05) is 18.9 Å². The van der Waals surface area contributed by atoms with Gasteiger partial charge in [0.1, 0.15) is 22.5 Å². The van der Waals surface area contributed by atoms with Crippen molar-refractivity contribution >= 4 is 17.5 Å². The number of hydrogen-bond donors (Lipinski definition) is 1. The van der Waals surface area contributed by atoms with Crippen molar-refractivity contribution in [3.05, 3.63) is 52.6 Å². The Labute approximate surface area is 207 Å². The maximum atomic E-state index is 13.9. The van der Waals surface area contributed by atoms with E-state index in [4.69, 9.17) is 16.9 Å². The van der Waals surface area contributed by atoms with E-state index in [0.717, 1.165) is 24.1 Å². The largest absolute Gasteiger partial charge is 0.459 e. The second kappa shape index (κ2) is 8.44. The summed E-state index contributed by atoms with van der Waals surface area (Å²) < 4.78 is 109. The Bertz CT molecular complexity index is 1430. The zero-order valence-corrected chi connectivity index (χ0v) is 19.1. The van der Waals surface area contributed by atoms with Crippen LogP contribution in [0.4, 0.5) is 35.1 Å². The van der Waals surface area contributed by atoms with Crippen LogP contribution in [0.2, 0.25) is 5.02 Å². The molecule has 1 aliphatic carbocycles. The van der Waals surface area contributed by atoms with Gasteiger partial charge < -0.3 is 9.88 Å². The molecule has 0 radical (unpaired) electrons. The Hall–Kier alpha value is -3.67. The Balaban J connectivity index is 1.77. The van der Waals surface area contributed by atoms with Gasteiger partial charge in [-0.05, 0) is 31.0 Å². The molecule has 1 aliphatic rings. The highest BCUT2D eigenvalue weighted by molar-refractivity contribution is 6.34. The minimum absolute atomic E-state index is 0.000319. The monoisotopic (exact) mass is 552 g/mol. The summed E-state index contributed by atoms with van der Waals surface area (Å²) in [6.07, 6.45) is -9.18. The number of alkyl halides is 8. The molecule has 0 saturated heterocycles. The number of nitrogens with one attached hydrogen (secondary N) is 1. The van der Waals surface area contributed by atoms with Crippen LogP contribution in [0.25, 0.3) is 17.1 Å². The molecular weight excluding hydrogens is 540 g/mol. The van der Waals surface area contributed by atoms with E-state index < -0.39 is 52.4 Å². The molecule has 0 spiro atoms. The first-order valence-electron chi connectivity index (χ1n) is 10.2. The fourth-order valence-corrected chi connectivity index (χ4v) is 3.75. The second-order valence-electron chi connectivity index (χ2n) is 8.24. The summed E-state index contributed by atoms with van der Waals surface area (Å²) >= 11 is 6.08. The molecule has 1 aromatic carbocycles. The fourth-order valence-electron chi connectivity index (χ4n) is 3.55. The predicted octanol–water partition coefficient (Wildman–Crippen LogP) is 5.39. The van der Waals surface area contributed by atoms with Gasteiger partial charge in [0.15, 0.2) is 5.69 Å². The molecule has 1 fully saturated rings. The molecule has 37 heavy (non-hydrogen) atoms. The molecule has 196 valence electrons. The molecule has 0 bridgehead atoms. The van der Waals surface area contributed by atoms with Gasteiger partial charge in [-0.1, -0.05) is 11.6 Å². The number of nitriles is 1. The van der Waals surface area contributed by atoms with E-state index >= 15 is 0 Å². The number of hydrogen-bond acceptors (Lipinski definition) is 4. The Morgan fingerprint density at radius 2 is 1.81 bits per heavy atom. The molecular formula is C21H13ClF8N6O. The standard InChI is InChI=1S/C21H13ClF8N6O/c1-35-15(14(20(25,26)27)16(34-35)19(23,24)21(28,29)30)13-7-36(9-32-13)10-2-3-12(22)11(6-10)17(37)33-18(8-31)4-5-18/h2-3,6-7,9H,4-5H2,1H3,(H,33,37). The lowest BCUT2D eigenvalue weighted by atomic mass is 10.1. The van der Waals surface area contributed by atoms with Crippen molar-refractivity contribution in [2.75, 3.05) is 0 Å². The lowest BCUT2D eigenvalue weighted by Crippen LogP contribution is -2.36. The van der Waals surface area contributed by atoms with Crippen molar-refractivity contribution in [1.29, 1.82) is 5.26 Å². The smallest absolute Gasteiger partial charge is 0.334 e. The summed E-state index contributed by atoms with van der Waals surface area (Å²) in [6, 6.07) is 5.87. The number of carbonyl (C=O) groups is 1. The fraction of sp³-hybridized carbons (Fsp3) is 0.333. The second-order valence-corrected chi connectivity index (χ2v) is 8.65.